The van der Waals surface area contributed by atoms with Gasteiger partial charge in [0.2, 0.25) is 5.91 Å². The maximum Gasteiger partial charge on any atom is 0.223 e. The molecule has 0 spiro atoms. The summed E-state index contributed by atoms with van der Waals surface area (Å²) in [7, 11) is 1.36. The van der Waals surface area contributed by atoms with E-state index in [9.17, 15) is 14.0 Å². The van der Waals surface area contributed by atoms with E-state index in [1.807, 2.05) is 0 Å². The topological polar surface area (TPSA) is 72.6 Å². The van der Waals surface area contributed by atoms with Crippen LogP contribution in [0.15, 0.2) is 18.2 Å². The first-order chi connectivity index (χ1) is 10.5. The third kappa shape index (κ3) is 4.04. The number of piperidine rings is 1. The minimum Gasteiger partial charge on any atom is -0.494 e. The lowest BCUT2D eigenvalue weighted by molar-refractivity contribution is -0.132. The van der Waals surface area contributed by atoms with Crippen molar-refractivity contribution in [2.75, 3.05) is 20.2 Å². The van der Waals surface area contributed by atoms with E-state index in [-0.39, 0.29) is 41.9 Å². The van der Waals surface area contributed by atoms with Crippen molar-refractivity contribution in [3.05, 3.63) is 29.6 Å². The van der Waals surface area contributed by atoms with Crippen LogP contribution in [-0.4, -0.2) is 42.8 Å². The molecule has 1 saturated heterocycles. The summed E-state index contributed by atoms with van der Waals surface area (Å²) in [5, 5.41) is 0. The second-order valence-electron chi connectivity index (χ2n) is 5.49. The third-order valence-electron chi connectivity index (χ3n) is 3.93. The van der Waals surface area contributed by atoms with Crippen LogP contribution < -0.4 is 10.5 Å². The number of likely N-dealkylation sites (tertiary alicyclic amines) is 1. The van der Waals surface area contributed by atoms with Crippen molar-refractivity contribution in [1.29, 1.82) is 0 Å². The predicted octanol–water partition coefficient (Wildman–Crippen LogP) is 1.75. The highest BCUT2D eigenvalue weighted by Crippen LogP contribution is 2.19. The summed E-state index contributed by atoms with van der Waals surface area (Å²) >= 11 is 0. The molecule has 2 N–H and O–H groups in total. The minimum absolute atomic E-state index is 0.0470. The number of methoxy groups -OCH3 is 1. The number of hydrogen-bond acceptors (Lipinski definition) is 4. The third-order valence-corrected chi connectivity index (χ3v) is 3.93. The number of hydrogen-bond donors (Lipinski definition) is 1. The molecular weight excluding hydrogens is 287 g/mol. The molecule has 1 amide bonds. The Morgan fingerprint density at radius 3 is 2.59 bits per heavy atom. The van der Waals surface area contributed by atoms with Crippen molar-refractivity contribution in [2.45, 2.75) is 31.7 Å². The summed E-state index contributed by atoms with van der Waals surface area (Å²) in [6.45, 7) is 1.29. The van der Waals surface area contributed by atoms with E-state index in [0.29, 0.717) is 13.1 Å². The van der Waals surface area contributed by atoms with Crippen LogP contribution in [0.4, 0.5) is 4.39 Å². The first-order valence-electron chi connectivity index (χ1n) is 7.41. The van der Waals surface area contributed by atoms with Crippen LogP contribution in [0.3, 0.4) is 0 Å². The molecule has 1 aliphatic rings. The van der Waals surface area contributed by atoms with Gasteiger partial charge >= 0.3 is 0 Å². The van der Waals surface area contributed by atoms with Crippen molar-refractivity contribution in [1.82, 2.24) is 4.90 Å². The Hall–Kier alpha value is -1.95. The van der Waals surface area contributed by atoms with Gasteiger partial charge in [-0.05, 0) is 31.0 Å². The summed E-state index contributed by atoms with van der Waals surface area (Å²) in [6.07, 6.45) is 1.81. The van der Waals surface area contributed by atoms with Crippen molar-refractivity contribution < 1.29 is 18.7 Å². The second-order valence-corrected chi connectivity index (χ2v) is 5.49. The Labute approximate surface area is 129 Å². The largest absolute Gasteiger partial charge is 0.494 e. The summed E-state index contributed by atoms with van der Waals surface area (Å²) < 4.78 is 18.4. The van der Waals surface area contributed by atoms with Gasteiger partial charge in [0, 0.05) is 37.5 Å². The molecule has 1 aromatic rings. The molecule has 0 atom stereocenters. The molecule has 2 rings (SSSR count). The number of ketones is 1. The van der Waals surface area contributed by atoms with Crippen LogP contribution in [0.1, 0.15) is 36.0 Å². The summed E-state index contributed by atoms with van der Waals surface area (Å²) in [6, 6.07) is 4.23. The van der Waals surface area contributed by atoms with Gasteiger partial charge < -0.3 is 15.4 Å². The van der Waals surface area contributed by atoms with Crippen LogP contribution >= 0.6 is 0 Å². The van der Waals surface area contributed by atoms with E-state index >= 15 is 0 Å². The number of nitrogens with zero attached hydrogens (tertiary/aromatic N) is 1. The Balaban J connectivity index is 1.87. The van der Waals surface area contributed by atoms with Gasteiger partial charge in [0.05, 0.1) is 7.11 Å². The molecule has 6 heteroatoms. The van der Waals surface area contributed by atoms with Gasteiger partial charge in [-0.25, -0.2) is 4.39 Å². The SMILES string of the molecule is COc1ccc(C(=O)CCC(=O)N2CCC(N)CC2)cc1F. The predicted molar refractivity (Wildman–Crippen MR) is 80.3 cm³/mol. The summed E-state index contributed by atoms with van der Waals surface area (Å²) in [4.78, 5) is 25.8. The van der Waals surface area contributed by atoms with Gasteiger partial charge in [0.25, 0.3) is 0 Å². The second kappa shape index (κ2) is 7.35. The zero-order valence-electron chi connectivity index (χ0n) is 12.7. The lowest BCUT2D eigenvalue weighted by Crippen LogP contribution is -2.42. The van der Waals surface area contributed by atoms with Crippen molar-refractivity contribution >= 4 is 11.7 Å². The number of halogens is 1. The average molecular weight is 308 g/mol. The Kier molecular flexibility index (Phi) is 5.49. The highest BCUT2D eigenvalue weighted by atomic mass is 19.1. The monoisotopic (exact) mass is 308 g/mol. The van der Waals surface area contributed by atoms with Gasteiger partial charge in [-0.1, -0.05) is 0 Å². The fourth-order valence-corrected chi connectivity index (χ4v) is 2.51. The molecule has 120 valence electrons. The van der Waals surface area contributed by atoms with Crippen LogP contribution in [0, 0.1) is 5.82 Å². The average Bonchev–Trinajstić information content (AvgIpc) is 2.52. The molecule has 0 aromatic heterocycles. The smallest absolute Gasteiger partial charge is 0.223 e. The molecule has 5 nitrogen and oxygen atoms in total. The van der Waals surface area contributed by atoms with Gasteiger partial charge in [0.15, 0.2) is 17.3 Å². The molecule has 1 aromatic carbocycles. The lowest BCUT2D eigenvalue weighted by Gasteiger charge is -2.30. The minimum atomic E-state index is -0.579. The lowest BCUT2D eigenvalue weighted by atomic mass is 10.0. The molecule has 22 heavy (non-hydrogen) atoms. The summed E-state index contributed by atoms with van der Waals surface area (Å²) in [5.41, 5.74) is 6.05. The number of carbonyl (C=O) groups is 2. The molecule has 0 saturated carbocycles. The maximum atomic E-state index is 13.6. The van der Waals surface area contributed by atoms with Crippen LogP contribution in [0.2, 0.25) is 0 Å². The molecule has 0 aliphatic carbocycles. The van der Waals surface area contributed by atoms with E-state index in [0.717, 1.165) is 18.9 Å². The van der Waals surface area contributed by atoms with E-state index in [1.165, 1.54) is 19.2 Å². The van der Waals surface area contributed by atoms with Gasteiger partial charge in [-0.15, -0.1) is 0 Å². The highest BCUT2D eigenvalue weighted by Gasteiger charge is 2.21. The van der Waals surface area contributed by atoms with Crippen molar-refractivity contribution in [3.8, 4) is 5.75 Å². The number of carbonyl (C=O) groups excluding carboxylic acids is 2. The van der Waals surface area contributed by atoms with Crippen LogP contribution in [-0.2, 0) is 4.79 Å². The first-order valence-corrected chi connectivity index (χ1v) is 7.41. The number of rotatable bonds is 5. The van der Waals surface area contributed by atoms with Crippen molar-refractivity contribution in [3.63, 3.8) is 0 Å². The summed E-state index contributed by atoms with van der Waals surface area (Å²) in [5.74, 6) is -0.778. The Morgan fingerprint density at radius 1 is 1.32 bits per heavy atom. The molecule has 1 heterocycles. The van der Waals surface area contributed by atoms with Crippen LogP contribution in [0.5, 0.6) is 5.75 Å². The standard InChI is InChI=1S/C16H21FN2O3/c1-22-15-4-2-11(10-13(15)17)14(20)3-5-16(21)19-8-6-12(18)7-9-19/h2,4,10,12H,3,5-9,18H2,1H3. The maximum absolute atomic E-state index is 13.6. The zero-order valence-corrected chi connectivity index (χ0v) is 12.7. The van der Waals surface area contributed by atoms with E-state index in [1.54, 1.807) is 4.90 Å². The van der Waals surface area contributed by atoms with Gasteiger partial charge in [-0.2, -0.15) is 0 Å². The quantitative estimate of drug-likeness (QED) is 0.841. The first kappa shape index (κ1) is 16.4. The fourth-order valence-electron chi connectivity index (χ4n) is 2.51. The molecule has 1 aliphatic heterocycles. The molecule has 0 bridgehead atoms. The van der Waals surface area contributed by atoms with Crippen LogP contribution in [0.25, 0.3) is 0 Å². The fraction of sp³-hybridized carbons (Fsp3) is 0.500. The number of amides is 1. The van der Waals surface area contributed by atoms with Gasteiger partial charge in [0.1, 0.15) is 0 Å². The molecule has 1 fully saturated rings. The normalized spacial score (nSPS) is 15.7. The van der Waals surface area contributed by atoms with Crippen molar-refractivity contribution in [2.24, 2.45) is 5.73 Å². The molecule has 0 unspecified atom stereocenters. The number of benzene rings is 1. The van der Waals surface area contributed by atoms with Gasteiger partial charge in [-0.3, -0.25) is 9.59 Å². The number of ether oxygens (including phenoxy) is 1. The van der Waals surface area contributed by atoms with E-state index in [2.05, 4.69) is 0 Å². The highest BCUT2D eigenvalue weighted by molar-refractivity contribution is 5.98. The van der Waals surface area contributed by atoms with E-state index in [4.69, 9.17) is 10.5 Å². The Bertz CT molecular complexity index is 554. The Morgan fingerprint density at radius 2 is 2.00 bits per heavy atom. The number of nitrogens with two attached hydrogens (primary N) is 1. The molecular formula is C16H21FN2O3. The van der Waals surface area contributed by atoms with E-state index < -0.39 is 5.82 Å². The zero-order chi connectivity index (χ0) is 16.1. The molecule has 0 radical (unpaired) electrons. The number of Topliss-reactive ketones (excluding diaryl/α,β-unsaturated/α-hetero) is 1.